The smallest absolute Gasteiger partial charge is 0.271 e. The van der Waals surface area contributed by atoms with Crippen LogP contribution in [0.1, 0.15) is 15.9 Å². The predicted molar refractivity (Wildman–Crippen MR) is 66.5 cm³/mol. The van der Waals surface area contributed by atoms with E-state index in [2.05, 4.69) is 15.8 Å². The van der Waals surface area contributed by atoms with Crippen molar-refractivity contribution in [2.45, 2.75) is 6.92 Å². The second-order valence-electron chi connectivity index (χ2n) is 3.69. The molecular weight excluding hydrogens is 214 g/mol. The van der Waals surface area contributed by atoms with E-state index in [0.717, 1.165) is 5.69 Å². The van der Waals surface area contributed by atoms with E-state index in [1.54, 1.807) is 18.3 Å². The molecule has 0 bridgehead atoms. The van der Waals surface area contributed by atoms with E-state index in [1.165, 1.54) is 11.8 Å². The van der Waals surface area contributed by atoms with Gasteiger partial charge in [0.1, 0.15) is 0 Å². The molecule has 0 radical (unpaired) electrons. The SMILES string of the molecule is Cc1ccc(NNC(=O)c2cccnc2)cc1. The topological polar surface area (TPSA) is 54.0 Å². The molecule has 17 heavy (non-hydrogen) atoms. The van der Waals surface area contributed by atoms with E-state index in [1.807, 2.05) is 31.2 Å². The van der Waals surface area contributed by atoms with Gasteiger partial charge in [-0.25, -0.2) is 0 Å². The quantitative estimate of drug-likeness (QED) is 0.790. The lowest BCUT2D eigenvalue weighted by atomic mass is 10.2. The van der Waals surface area contributed by atoms with Crippen LogP contribution in [0.15, 0.2) is 48.8 Å². The van der Waals surface area contributed by atoms with E-state index in [0.29, 0.717) is 5.56 Å². The first kappa shape index (κ1) is 11.1. The van der Waals surface area contributed by atoms with Crippen LogP contribution in [-0.2, 0) is 0 Å². The van der Waals surface area contributed by atoms with Crippen molar-refractivity contribution in [3.05, 3.63) is 59.9 Å². The third-order valence-corrected chi connectivity index (χ3v) is 2.30. The molecule has 0 fully saturated rings. The summed E-state index contributed by atoms with van der Waals surface area (Å²) < 4.78 is 0. The fourth-order valence-corrected chi connectivity index (χ4v) is 1.34. The Morgan fingerprint density at radius 2 is 1.94 bits per heavy atom. The maximum absolute atomic E-state index is 11.7. The van der Waals surface area contributed by atoms with E-state index < -0.39 is 0 Å². The average Bonchev–Trinajstić information content (AvgIpc) is 2.39. The molecular formula is C13H13N3O. The molecule has 0 unspecified atom stereocenters. The highest BCUT2D eigenvalue weighted by Crippen LogP contribution is 2.07. The van der Waals surface area contributed by atoms with Crippen molar-refractivity contribution in [2.24, 2.45) is 0 Å². The summed E-state index contributed by atoms with van der Waals surface area (Å²) in [4.78, 5) is 15.6. The first-order valence-corrected chi connectivity index (χ1v) is 5.29. The molecule has 0 atom stereocenters. The molecule has 1 aromatic heterocycles. The lowest BCUT2D eigenvalue weighted by Gasteiger charge is -2.08. The lowest BCUT2D eigenvalue weighted by Crippen LogP contribution is -2.29. The Hall–Kier alpha value is -2.36. The van der Waals surface area contributed by atoms with Crippen LogP contribution in [0.25, 0.3) is 0 Å². The number of pyridine rings is 1. The Kier molecular flexibility index (Phi) is 3.35. The molecule has 0 aliphatic carbocycles. The number of hydrogen-bond donors (Lipinski definition) is 2. The minimum atomic E-state index is -0.210. The number of rotatable bonds is 3. The second-order valence-corrected chi connectivity index (χ2v) is 3.69. The molecule has 2 N–H and O–H groups in total. The van der Waals surface area contributed by atoms with Crippen molar-refractivity contribution in [1.82, 2.24) is 10.4 Å². The van der Waals surface area contributed by atoms with Crippen LogP contribution in [0, 0.1) is 6.92 Å². The first-order valence-electron chi connectivity index (χ1n) is 5.29. The number of nitrogens with zero attached hydrogens (tertiary/aromatic N) is 1. The molecule has 0 aliphatic heterocycles. The number of hydrazine groups is 1. The van der Waals surface area contributed by atoms with Gasteiger partial charge in [-0.05, 0) is 31.2 Å². The number of amides is 1. The maximum atomic E-state index is 11.7. The molecule has 2 aromatic rings. The van der Waals surface area contributed by atoms with Crippen molar-refractivity contribution >= 4 is 11.6 Å². The molecule has 1 heterocycles. The molecule has 1 amide bonds. The van der Waals surface area contributed by atoms with Gasteiger partial charge in [0, 0.05) is 12.4 Å². The zero-order valence-electron chi connectivity index (χ0n) is 9.47. The van der Waals surface area contributed by atoms with Crippen molar-refractivity contribution in [2.75, 3.05) is 5.43 Å². The largest absolute Gasteiger partial charge is 0.298 e. The molecule has 4 heteroatoms. The number of anilines is 1. The van der Waals surface area contributed by atoms with Gasteiger partial charge in [-0.15, -0.1) is 0 Å². The molecule has 0 saturated carbocycles. The number of aromatic nitrogens is 1. The summed E-state index contributed by atoms with van der Waals surface area (Å²) >= 11 is 0. The fourth-order valence-electron chi connectivity index (χ4n) is 1.34. The van der Waals surface area contributed by atoms with E-state index in [9.17, 15) is 4.79 Å². The molecule has 4 nitrogen and oxygen atoms in total. The normalized spacial score (nSPS) is 9.71. The van der Waals surface area contributed by atoms with Crippen LogP contribution < -0.4 is 10.9 Å². The van der Waals surface area contributed by atoms with Crippen molar-refractivity contribution < 1.29 is 4.79 Å². The van der Waals surface area contributed by atoms with Crippen LogP contribution in [0.2, 0.25) is 0 Å². The second kappa shape index (κ2) is 5.12. The van der Waals surface area contributed by atoms with Crippen molar-refractivity contribution in [3.63, 3.8) is 0 Å². The van der Waals surface area contributed by atoms with Crippen LogP contribution in [0.3, 0.4) is 0 Å². The summed E-state index contributed by atoms with van der Waals surface area (Å²) in [5.74, 6) is -0.210. The highest BCUT2D eigenvalue weighted by molar-refractivity contribution is 5.94. The Labute approximate surface area is 99.7 Å². The average molecular weight is 227 g/mol. The van der Waals surface area contributed by atoms with Crippen molar-refractivity contribution in [1.29, 1.82) is 0 Å². The monoisotopic (exact) mass is 227 g/mol. The summed E-state index contributed by atoms with van der Waals surface area (Å²) in [5, 5.41) is 0. The van der Waals surface area contributed by atoms with Gasteiger partial charge in [0.05, 0.1) is 11.3 Å². The zero-order valence-corrected chi connectivity index (χ0v) is 9.47. The number of carbonyl (C=O) groups is 1. The Balaban J connectivity index is 1.95. The third kappa shape index (κ3) is 3.04. The summed E-state index contributed by atoms with van der Waals surface area (Å²) in [7, 11) is 0. The molecule has 0 saturated heterocycles. The zero-order chi connectivity index (χ0) is 12.1. The highest BCUT2D eigenvalue weighted by atomic mass is 16.2. The maximum Gasteiger partial charge on any atom is 0.271 e. The highest BCUT2D eigenvalue weighted by Gasteiger charge is 2.03. The van der Waals surface area contributed by atoms with Gasteiger partial charge in [-0.1, -0.05) is 17.7 Å². The van der Waals surface area contributed by atoms with E-state index in [4.69, 9.17) is 0 Å². The minimum Gasteiger partial charge on any atom is -0.298 e. The van der Waals surface area contributed by atoms with Crippen LogP contribution in [0.5, 0.6) is 0 Å². The van der Waals surface area contributed by atoms with Gasteiger partial charge in [-0.2, -0.15) is 0 Å². The van der Waals surface area contributed by atoms with Gasteiger partial charge in [0.2, 0.25) is 0 Å². The van der Waals surface area contributed by atoms with Gasteiger partial charge < -0.3 is 0 Å². The number of hydrogen-bond acceptors (Lipinski definition) is 3. The molecule has 0 spiro atoms. The molecule has 1 aromatic carbocycles. The van der Waals surface area contributed by atoms with E-state index >= 15 is 0 Å². The summed E-state index contributed by atoms with van der Waals surface area (Å²) in [6.07, 6.45) is 3.15. The fraction of sp³-hybridized carbons (Fsp3) is 0.0769. The van der Waals surface area contributed by atoms with Gasteiger partial charge in [-0.3, -0.25) is 20.6 Å². The summed E-state index contributed by atoms with van der Waals surface area (Å²) in [6, 6.07) is 11.2. The molecule has 86 valence electrons. The Bertz CT molecular complexity index is 494. The lowest BCUT2D eigenvalue weighted by molar-refractivity contribution is 0.0962. The number of nitrogens with one attached hydrogen (secondary N) is 2. The standard InChI is InChI=1S/C13H13N3O/c1-10-4-6-12(7-5-10)15-16-13(17)11-3-2-8-14-9-11/h2-9,15H,1H3,(H,16,17). The minimum absolute atomic E-state index is 0.210. The van der Waals surface area contributed by atoms with Gasteiger partial charge >= 0.3 is 0 Å². The first-order chi connectivity index (χ1) is 8.25. The number of carbonyl (C=O) groups excluding carboxylic acids is 1. The van der Waals surface area contributed by atoms with Crippen LogP contribution >= 0.6 is 0 Å². The predicted octanol–water partition coefficient (Wildman–Crippen LogP) is 2.15. The van der Waals surface area contributed by atoms with Gasteiger partial charge in [0.15, 0.2) is 0 Å². The summed E-state index contributed by atoms with van der Waals surface area (Å²) in [5.41, 5.74) is 7.98. The number of benzene rings is 1. The molecule has 0 aliphatic rings. The number of aryl methyl sites for hydroxylation is 1. The Morgan fingerprint density at radius 1 is 1.18 bits per heavy atom. The van der Waals surface area contributed by atoms with Gasteiger partial charge in [0.25, 0.3) is 5.91 Å². The Morgan fingerprint density at radius 3 is 2.59 bits per heavy atom. The molecule has 2 rings (SSSR count). The van der Waals surface area contributed by atoms with E-state index in [-0.39, 0.29) is 5.91 Å². The van der Waals surface area contributed by atoms with Crippen LogP contribution in [-0.4, -0.2) is 10.9 Å². The van der Waals surface area contributed by atoms with Crippen molar-refractivity contribution in [3.8, 4) is 0 Å². The van der Waals surface area contributed by atoms with Crippen LogP contribution in [0.4, 0.5) is 5.69 Å². The summed E-state index contributed by atoms with van der Waals surface area (Å²) in [6.45, 7) is 2.01. The third-order valence-electron chi connectivity index (χ3n) is 2.30.